The zero-order chi connectivity index (χ0) is 16.8. The molecule has 0 saturated carbocycles. The Morgan fingerprint density at radius 2 is 1.96 bits per heavy atom. The molecule has 5 nitrogen and oxygen atoms in total. The summed E-state index contributed by atoms with van der Waals surface area (Å²) in [5.74, 6) is -0.467. The van der Waals surface area contributed by atoms with E-state index in [1.165, 1.54) is 6.07 Å². The highest BCUT2D eigenvalue weighted by atomic mass is 16.5. The van der Waals surface area contributed by atoms with Crippen LogP contribution in [-0.2, 0) is 9.53 Å². The van der Waals surface area contributed by atoms with E-state index in [9.17, 15) is 9.90 Å². The first kappa shape index (κ1) is 16.8. The molecular weight excluding hydrogens is 292 g/mol. The van der Waals surface area contributed by atoms with Gasteiger partial charge in [0.1, 0.15) is 11.8 Å². The lowest BCUT2D eigenvalue weighted by atomic mass is 10.0. The molecule has 23 heavy (non-hydrogen) atoms. The van der Waals surface area contributed by atoms with Gasteiger partial charge in [-0.05, 0) is 25.5 Å². The van der Waals surface area contributed by atoms with Crippen LogP contribution in [0.25, 0.3) is 0 Å². The summed E-state index contributed by atoms with van der Waals surface area (Å²) in [6, 6.07) is 13.6. The lowest BCUT2D eigenvalue weighted by Gasteiger charge is -2.23. The molecule has 0 aliphatic rings. The van der Waals surface area contributed by atoms with Crippen LogP contribution < -0.4 is 11.1 Å². The Balaban J connectivity index is 2.29. The Morgan fingerprint density at radius 3 is 2.57 bits per heavy atom. The summed E-state index contributed by atoms with van der Waals surface area (Å²) in [5.41, 5.74) is 7.58. The van der Waals surface area contributed by atoms with Crippen molar-refractivity contribution in [2.24, 2.45) is 0 Å². The van der Waals surface area contributed by atoms with Crippen molar-refractivity contribution in [2.45, 2.75) is 25.9 Å². The second-order valence-corrected chi connectivity index (χ2v) is 5.30. The number of anilines is 1. The summed E-state index contributed by atoms with van der Waals surface area (Å²) in [4.78, 5) is 12.3. The van der Waals surface area contributed by atoms with Crippen LogP contribution in [-0.4, -0.2) is 17.7 Å². The summed E-state index contributed by atoms with van der Waals surface area (Å²) < 4.78 is 5.14. The van der Waals surface area contributed by atoms with Gasteiger partial charge in [0.2, 0.25) is 0 Å². The van der Waals surface area contributed by atoms with Gasteiger partial charge >= 0.3 is 5.97 Å². The van der Waals surface area contributed by atoms with Gasteiger partial charge in [-0.15, -0.1) is 0 Å². The Morgan fingerprint density at radius 1 is 1.26 bits per heavy atom. The minimum Gasteiger partial charge on any atom is -0.508 e. The molecule has 0 aliphatic heterocycles. The zero-order valence-electron chi connectivity index (χ0n) is 13.3. The number of phenols is 1. The van der Waals surface area contributed by atoms with Gasteiger partial charge in [-0.25, -0.2) is 4.79 Å². The van der Waals surface area contributed by atoms with E-state index in [0.29, 0.717) is 11.3 Å². The zero-order valence-corrected chi connectivity index (χ0v) is 13.3. The predicted molar refractivity (Wildman–Crippen MR) is 89.9 cm³/mol. The Hall–Kier alpha value is -2.53. The highest BCUT2D eigenvalue weighted by molar-refractivity contribution is 5.79. The number of hydrogen-bond acceptors (Lipinski definition) is 5. The molecular formula is C18H22N2O3. The van der Waals surface area contributed by atoms with Crippen molar-refractivity contribution in [3.8, 4) is 5.75 Å². The summed E-state index contributed by atoms with van der Waals surface area (Å²) >= 11 is 0. The molecule has 0 heterocycles. The largest absolute Gasteiger partial charge is 0.508 e. The minimum atomic E-state index is -0.772. The van der Waals surface area contributed by atoms with E-state index in [0.717, 1.165) is 5.56 Å². The SMILES string of the molecule is CCOC(=O)[C@@H](N[C@H](C)c1ccccc1)c1ccc(N)cc1O. The quantitative estimate of drug-likeness (QED) is 0.564. The van der Waals surface area contributed by atoms with Gasteiger partial charge in [0, 0.05) is 23.4 Å². The molecule has 0 aromatic heterocycles. The van der Waals surface area contributed by atoms with Crippen LogP contribution in [0.3, 0.4) is 0 Å². The highest BCUT2D eigenvalue weighted by Crippen LogP contribution is 2.29. The number of aromatic hydroxyl groups is 1. The number of benzene rings is 2. The Kier molecular flexibility index (Phi) is 5.60. The van der Waals surface area contributed by atoms with Crippen LogP contribution in [0.4, 0.5) is 5.69 Å². The second kappa shape index (κ2) is 7.65. The smallest absolute Gasteiger partial charge is 0.327 e. The van der Waals surface area contributed by atoms with Crippen molar-refractivity contribution in [3.63, 3.8) is 0 Å². The molecule has 2 rings (SSSR count). The molecule has 122 valence electrons. The summed E-state index contributed by atoms with van der Waals surface area (Å²) in [6.45, 7) is 3.97. The van der Waals surface area contributed by atoms with E-state index in [-0.39, 0.29) is 18.4 Å². The molecule has 2 aromatic carbocycles. The molecule has 0 fully saturated rings. The van der Waals surface area contributed by atoms with Crippen LogP contribution in [0.2, 0.25) is 0 Å². The maximum Gasteiger partial charge on any atom is 0.327 e. The molecule has 0 radical (unpaired) electrons. The predicted octanol–water partition coefficient (Wildman–Crippen LogP) is 2.93. The maximum atomic E-state index is 12.3. The third-order valence-electron chi connectivity index (χ3n) is 3.60. The second-order valence-electron chi connectivity index (χ2n) is 5.30. The summed E-state index contributed by atoms with van der Waals surface area (Å²) in [6.07, 6.45) is 0. The number of nitrogen functional groups attached to an aromatic ring is 1. The normalized spacial score (nSPS) is 13.3. The van der Waals surface area contributed by atoms with Crippen molar-refractivity contribution >= 4 is 11.7 Å². The number of carbonyl (C=O) groups is 1. The van der Waals surface area contributed by atoms with E-state index in [2.05, 4.69) is 5.32 Å². The third-order valence-corrected chi connectivity index (χ3v) is 3.60. The molecule has 0 aliphatic carbocycles. The average molecular weight is 314 g/mol. The van der Waals surface area contributed by atoms with Gasteiger partial charge in [0.25, 0.3) is 0 Å². The molecule has 2 atom stereocenters. The van der Waals surface area contributed by atoms with Crippen molar-refractivity contribution in [2.75, 3.05) is 12.3 Å². The molecule has 4 N–H and O–H groups in total. The number of nitrogens with one attached hydrogen (secondary N) is 1. The van der Waals surface area contributed by atoms with Crippen LogP contribution in [0.1, 0.15) is 37.1 Å². The number of carbonyl (C=O) groups excluding carboxylic acids is 1. The summed E-state index contributed by atoms with van der Waals surface area (Å²) in [7, 11) is 0. The number of rotatable bonds is 6. The van der Waals surface area contributed by atoms with Gasteiger partial charge in [-0.2, -0.15) is 0 Å². The fourth-order valence-corrected chi connectivity index (χ4v) is 2.40. The first-order valence-corrected chi connectivity index (χ1v) is 7.59. The maximum absolute atomic E-state index is 12.3. The Bertz CT molecular complexity index is 659. The van der Waals surface area contributed by atoms with E-state index in [1.807, 2.05) is 37.3 Å². The Labute approximate surface area is 136 Å². The molecule has 2 aromatic rings. The van der Waals surface area contributed by atoms with Crippen LogP contribution >= 0.6 is 0 Å². The highest BCUT2D eigenvalue weighted by Gasteiger charge is 2.26. The van der Waals surface area contributed by atoms with E-state index >= 15 is 0 Å². The first-order chi connectivity index (χ1) is 11.0. The van der Waals surface area contributed by atoms with Gasteiger partial charge < -0.3 is 15.6 Å². The number of nitrogens with two attached hydrogens (primary N) is 1. The topological polar surface area (TPSA) is 84.6 Å². The number of ether oxygens (including phenoxy) is 1. The van der Waals surface area contributed by atoms with Crippen molar-refractivity contribution in [3.05, 3.63) is 59.7 Å². The fourth-order valence-electron chi connectivity index (χ4n) is 2.40. The van der Waals surface area contributed by atoms with Crippen molar-refractivity contribution in [1.29, 1.82) is 0 Å². The third kappa shape index (κ3) is 4.23. The van der Waals surface area contributed by atoms with Gasteiger partial charge in [-0.3, -0.25) is 5.32 Å². The van der Waals surface area contributed by atoms with Crippen LogP contribution in [0.15, 0.2) is 48.5 Å². The molecule has 5 heteroatoms. The average Bonchev–Trinajstić information content (AvgIpc) is 2.54. The summed E-state index contributed by atoms with van der Waals surface area (Å²) in [5, 5.41) is 13.4. The van der Waals surface area contributed by atoms with E-state index < -0.39 is 12.0 Å². The first-order valence-electron chi connectivity index (χ1n) is 7.59. The standard InChI is InChI=1S/C18H22N2O3/c1-3-23-18(22)17(15-10-9-14(19)11-16(15)21)20-12(2)13-7-5-4-6-8-13/h4-12,17,20-21H,3,19H2,1-2H3/t12-,17+/m1/s1. The lowest BCUT2D eigenvalue weighted by molar-refractivity contribution is -0.146. The molecule has 0 bridgehead atoms. The molecule has 0 spiro atoms. The number of phenolic OH excluding ortho intramolecular Hbond substituents is 1. The van der Waals surface area contributed by atoms with Crippen LogP contribution in [0.5, 0.6) is 5.75 Å². The van der Waals surface area contributed by atoms with E-state index in [1.54, 1.807) is 19.1 Å². The number of esters is 1. The fraction of sp³-hybridized carbons (Fsp3) is 0.278. The van der Waals surface area contributed by atoms with Crippen molar-refractivity contribution < 1.29 is 14.6 Å². The van der Waals surface area contributed by atoms with Gasteiger partial charge in [-0.1, -0.05) is 36.4 Å². The van der Waals surface area contributed by atoms with Gasteiger partial charge in [0.15, 0.2) is 0 Å². The lowest BCUT2D eigenvalue weighted by Crippen LogP contribution is -2.32. The van der Waals surface area contributed by atoms with E-state index in [4.69, 9.17) is 10.5 Å². The number of hydrogen-bond donors (Lipinski definition) is 3. The van der Waals surface area contributed by atoms with Crippen LogP contribution in [0, 0.1) is 0 Å². The monoisotopic (exact) mass is 314 g/mol. The van der Waals surface area contributed by atoms with Gasteiger partial charge in [0.05, 0.1) is 6.61 Å². The molecule has 0 saturated heterocycles. The molecule has 0 amide bonds. The molecule has 0 unspecified atom stereocenters. The van der Waals surface area contributed by atoms with Crippen molar-refractivity contribution in [1.82, 2.24) is 5.32 Å². The minimum absolute atomic E-state index is 0.0317.